The molecule has 0 aliphatic heterocycles. The van der Waals surface area contributed by atoms with E-state index in [1.165, 1.54) is 0 Å². The Morgan fingerprint density at radius 2 is 1.89 bits per heavy atom. The third kappa shape index (κ3) is 5.18. The van der Waals surface area contributed by atoms with Crippen molar-refractivity contribution in [3.63, 3.8) is 0 Å². The van der Waals surface area contributed by atoms with E-state index in [9.17, 15) is 8.42 Å². The lowest BCUT2D eigenvalue weighted by Gasteiger charge is -2.18. The molecule has 1 rings (SSSR count). The SMILES string of the molecule is CCCNS(=O)(=O)Nc1ccccc1C(C)NCC. The van der Waals surface area contributed by atoms with Crippen LogP contribution in [0.5, 0.6) is 0 Å². The number of hydrogen-bond donors (Lipinski definition) is 3. The van der Waals surface area contributed by atoms with Gasteiger partial charge in [-0.3, -0.25) is 4.72 Å². The molecule has 0 amide bonds. The molecule has 19 heavy (non-hydrogen) atoms. The van der Waals surface area contributed by atoms with Crippen LogP contribution in [0.25, 0.3) is 0 Å². The average Bonchev–Trinajstić information content (AvgIpc) is 2.37. The van der Waals surface area contributed by atoms with E-state index in [0.29, 0.717) is 12.2 Å². The summed E-state index contributed by atoms with van der Waals surface area (Å²) in [7, 11) is -3.50. The smallest absolute Gasteiger partial charge is 0.299 e. The van der Waals surface area contributed by atoms with E-state index >= 15 is 0 Å². The molecule has 1 unspecified atom stereocenters. The minimum absolute atomic E-state index is 0.0927. The summed E-state index contributed by atoms with van der Waals surface area (Å²) in [5.74, 6) is 0. The number of benzene rings is 1. The molecular formula is C13H23N3O2S. The predicted octanol–water partition coefficient (Wildman–Crippen LogP) is 2.01. The molecule has 0 saturated heterocycles. The summed E-state index contributed by atoms with van der Waals surface area (Å²) in [5.41, 5.74) is 1.55. The molecule has 0 bridgehead atoms. The summed E-state index contributed by atoms with van der Waals surface area (Å²) in [4.78, 5) is 0. The number of anilines is 1. The fourth-order valence-electron chi connectivity index (χ4n) is 1.80. The lowest BCUT2D eigenvalue weighted by Crippen LogP contribution is -2.31. The van der Waals surface area contributed by atoms with Gasteiger partial charge in [0.15, 0.2) is 0 Å². The van der Waals surface area contributed by atoms with Crippen molar-refractivity contribution in [1.29, 1.82) is 0 Å². The van der Waals surface area contributed by atoms with E-state index in [4.69, 9.17) is 0 Å². The first kappa shape index (κ1) is 15.9. The highest BCUT2D eigenvalue weighted by Crippen LogP contribution is 2.23. The molecule has 0 radical (unpaired) electrons. The molecule has 1 atom stereocenters. The molecule has 3 N–H and O–H groups in total. The van der Waals surface area contributed by atoms with Gasteiger partial charge in [0.25, 0.3) is 10.2 Å². The van der Waals surface area contributed by atoms with Gasteiger partial charge in [0.1, 0.15) is 0 Å². The Balaban J connectivity index is 2.89. The molecule has 0 heterocycles. The zero-order valence-corrected chi connectivity index (χ0v) is 12.5. The molecule has 0 aliphatic rings. The first-order chi connectivity index (χ1) is 9.00. The molecule has 1 aromatic carbocycles. The van der Waals surface area contributed by atoms with Gasteiger partial charge in [0.05, 0.1) is 5.69 Å². The van der Waals surface area contributed by atoms with Crippen molar-refractivity contribution < 1.29 is 8.42 Å². The standard InChI is InChI=1S/C13H23N3O2S/c1-4-10-15-19(17,18)16-13-9-7-6-8-12(13)11(3)14-5-2/h6-9,11,14-16H,4-5,10H2,1-3H3. The highest BCUT2D eigenvalue weighted by atomic mass is 32.2. The van der Waals surface area contributed by atoms with Crippen LogP contribution < -0.4 is 14.8 Å². The lowest BCUT2D eigenvalue weighted by molar-refractivity contribution is 0.585. The van der Waals surface area contributed by atoms with Crippen molar-refractivity contribution in [3.05, 3.63) is 29.8 Å². The molecule has 1 aromatic rings. The van der Waals surface area contributed by atoms with E-state index < -0.39 is 10.2 Å². The van der Waals surface area contributed by atoms with Crippen LogP contribution in [0.1, 0.15) is 38.8 Å². The largest absolute Gasteiger partial charge is 0.310 e. The molecule has 5 nitrogen and oxygen atoms in total. The molecular weight excluding hydrogens is 262 g/mol. The Morgan fingerprint density at radius 1 is 1.21 bits per heavy atom. The van der Waals surface area contributed by atoms with Gasteiger partial charge in [-0.15, -0.1) is 0 Å². The van der Waals surface area contributed by atoms with E-state index in [-0.39, 0.29) is 6.04 Å². The minimum Gasteiger partial charge on any atom is -0.310 e. The van der Waals surface area contributed by atoms with E-state index in [1.54, 1.807) is 6.07 Å². The molecule has 0 spiro atoms. The van der Waals surface area contributed by atoms with Gasteiger partial charge in [-0.1, -0.05) is 32.0 Å². The molecule has 108 valence electrons. The molecule has 0 fully saturated rings. The quantitative estimate of drug-likeness (QED) is 0.684. The second-order valence-electron chi connectivity index (χ2n) is 4.37. The Hall–Kier alpha value is -1.11. The Bertz CT molecular complexity index is 488. The van der Waals surface area contributed by atoms with E-state index in [1.807, 2.05) is 39.0 Å². The number of rotatable bonds is 8. The van der Waals surface area contributed by atoms with Gasteiger partial charge in [-0.25, -0.2) is 0 Å². The maximum atomic E-state index is 11.8. The lowest BCUT2D eigenvalue weighted by atomic mass is 10.1. The average molecular weight is 285 g/mol. The Labute approximate surface area is 116 Å². The van der Waals surface area contributed by atoms with Crippen LogP contribution >= 0.6 is 0 Å². The predicted molar refractivity (Wildman–Crippen MR) is 79.4 cm³/mol. The molecule has 0 saturated carbocycles. The van der Waals surface area contributed by atoms with Gasteiger partial charge in [0.2, 0.25) is 0 Å². The van der Waals surface area contributed by atoms with Crippen LogP contribution in [0, 0.1) is 0 Å². The van der Waals surface area contributed by atoms with Crippen LogP contribution in [0.2, 0.25) is 0 Å². The summed E-state index contributed by atoms with van der Waals surface area (Å²) in [6, 6.07) is 7.51. The van der Waals surface area contributed by atoms with Crippen LogP contribution in [-0.4, -0.2) is 21.5 Å². The summed E-state index contributed by atoms with van der Waals surface area (Å²) in [6.07, 6.45) is 0.760. The highest BCUT2D eigenvalue weighted by molar-refractivity contribution is 7.90. The van der Waals surface area contributed by atoms with Gasteiger partial charge in [-0.2, -0.15) is 13.1 Å². The Morgan fingerprint density at radius 3 is 2.53 bits per heavy atom. The molecule has 0 aromatic heterocycles. The highest BCUT2D eigenvalue weighted by Gasteiger charge is 2.14. The van der Waals surface area contributed by atoms with E-state index in [0.717, 1.165) is 18.5 Å². The maximum absolute atomic E-state index is 11.8. The van der Waals surface area contributed by atoms with Crippen LogP contribution in [-0.2, 0) is 10.2 Å². The van der Waals surface area contributed by atoms with Gasteiger partial charge < -0.3 is 5.32 Å². The van der Waals surface area contributed by atoms with Crippen molar-refractivity contribution in [2.24, 2.45) is 0 Å². The van der Waals surface area contributed by atoms with Crippen LogP contribution in [0.4, 0.5) is 5.69 Å². The Kier molecular flexibility index (Phi) is 6.27. The van der Waals surface area contributed by atoms with Crippen LogP contribution in [0.15, 0.2) is 24.3 Å². The normalized spacial score (nSPS) is 13.2. The first-order valence-electron chi connectivity index (χ1n) is 6.59. The second kappa shape index (κ2) is 7.47. The number of nitrogens with one attached hydrogen (secondary N) is 3. The topological polar surface area (TPSA) is 70.2 Å². The molecule has 6 heteroatoms. The summed E-state index contributed by atoms with van der Waals surface area (Å²) in [5, 5.41) is 3.28. The molecule has 0 aliphatic carbocycles. The van der Waals surface area contributed by atoms with Crippen molar-refractivity contribution in [2.75, 3.05) is 17.8 Å². The fraction of sp³-hybridized carbons (Fsp3) is 0.538. The van der Waals surface area contributed by atoms with Gasteiger partial charge in [0, 0.05) is 12.6 Å². The van der Waals surface area contributed by atoms with Gasteiger partial charge >= 0.3 is 0 Å². The zero-order valence-electron chi connectivity index (χ0n) is 11.7. The zero-order chi connectivity index (χ0) is 14.3. The number of hydrogen-bond acceptors (Lipinski definition) is 3. The van der Waals surface area contributed by atoms with Crippen molar-refractivity contribution in [1.82, 2.24) is 10.0 Å². The first-order valence-corrected chi connectivity index (χ1v) is 8.08. The fourth-order valence-corrected chi connectivity index (χ4v) is 2.82. The third-order valence-corrected chi connectivity index (χ3v) is 3.80. The second-order valence-corrected chi connectivity index (χ2v) is 5.87. The minimum atomic E-state index is -3.50. The van der Waals surface area contributed by atoms with Crippen molar-refractivity contribution in [3.8, 4) is 0 Å². The summed E-state index contributed by atoms with van der Waals surface area (Å²) >= 11 is 0. The summed E-state index contributed by atoms with van der Waals surface area (Å²) < 4.78 is 28.8. The van der Waals surface area contributed by atoms with Gasteiger partial charge in [-0.05, 0) is 31.5 Å². The maximum Gasteiger partial charge on any atom is 0.299 e. The van der Waals surface area contributed by atoms with Crippen molar-refractivity contribution >= 4 is 15.9 Å². The number of para-hydroxylation sites is 1. The van der Waals surface area contributed by atoms with Crippen LogP contribution in [0.3, 0.4) is 0 Å². The summed E-state index contributed by atoms with van der Waals surface area (Å²) in [6.45, 7) is 7.21. The van der Waals surface area contributed by atoms with E-state index in [2.05, 4.69) is 14.8 Å². The monoisotopic (exact) mass is 285 g/mol. The third-order valence-electron chi connectivity index (χ3n) is 2.72. The van der Waals surface area contributed by atoms with Crippen molar-refractivity contribution in [2.45, 2.75) is 33.2 Å².